The van der Waals surface area contributed by atoms with Crippen LogP contribution in [0.5, 0.6) is 5.75 Å². The zero-order valence-corrected chi connectivity index (χ0v) is 14.8. The van der Waals surface area contributed by atoms with Crippen LogP contribution in [0.1, 0.15) is 31.1 Å². The van der Waals surface area contributed by atoms with E-state index in [0.29, 0.717) is 24.4 Å². The second kappa shape index (κ2) is 8.65. The smallest absolute Gasteiger partial charge is 0.253 e. The average Bonchev–Trinajstić information content (AvgIpc) is 2.63. The quantitative estimate of drug-likeness (QED) is 0.759. The number of nitrogens with zero attached hydrogens (tertiary/aromatic N) is 1. The summed E-state index contributed by atoms with van der Waals surface area (Å²) >= 11 is 0. The summed E-state index contributed by atoms with van der Waals surface area (Å²) in [6, 6.07) is 14.6. The summed E-state index contributed by atoms with van der Waals surface area (Å²) in [5.74, 6) is 0.476. The van der Waals surface area contributed by atoms with E-state index >= 15 is 0 Å². The number of hydrogen-bond acceptors (Lipinski definition) is 4. The van der Waals surface area contributed by atoms with Crippen LogP contribution in [-0.4, -0.2) is 46.5 Å². The van der Waals surface area contributed by atoms with E-state index in [9.17, 15) is 15.0 Å². The highest BCUT2D eigenvalue weighted by molar-refractivity contribution is 5.94. The van der Waals surface area contributed by atoms with Gasteiger partial charge in [0, 0.05) is 24.2 Å². The van der Waals surface area contributed by atoms with Crippen LogP contribution in [0.25, 0.3) is 11.1 Å². The molecule has 2 atom stereocenters. The maximum Gasteiger partial charge on any atom is 0.253 e. The summed E-state index contributed by atoms with van der Waals surface area (Å²) < 4.78 is 5.44. The molecule has 0 bridgehead atoms. The SMILES string of the molecule is CCN(CC)C(=O)c1ccc(-c2ccccc2OC(O)C(C)O)cc1. The van der Waals surface area contributed by atoms with E-state index in [-0.39, 0.29) is 5.91 Å². The summed E-state index contributed by atoms with van der Waals surface area (Å²) in [4.78, 5) is 14.2. The van der Waals surface area contributed by atoms with E-state index < -0.39 is 12.4 Å². The van der Waals surface area contributed by atoms with Crippen molar-refractivity contribution in [1.82, 2.24) is 4.90 Å². The fraction of sp³-hybridized carbons (Fsp3) is 0.350. The molecule has 5 nitrogen and oxygen atoms in total. The molecule has 25 heavy (non-hydrogen) atoms. The molecule has 2 N–H and O–H groups in total. The first-order chi connectivity index (χ1) is 12.0. The van der Waals surface area contributed by atoms with Crippen molar-refractivity contribution in [2.24, 2.45) is 0 Å². The molecule has 0 saturated heterocycles. The zero-order valence-electron chi connectivity index (χ0n) is 14.8. The van der Waals surface area contributed by atoms with E-state index in [1.807, 2.05) is 38.1 Å². The van der Waals surface area contributed by atoms with E-state index in [4.69, 9.17) is 4.74 Å². The summed E-state index contributed by atoms with van der Waals surface area (Å²) in [7, 11) is 0. The molecular formula is C20H25NO4. The second-order valence-corrected chi connectivity index (χ2v) is 5.80. The third kappa shape index (κ3) is 4.59. The maximum absolute atomic E-state index is 12.4. The van der Waals surface area contributed by atoms with E-state index in [2.05, 4.69) is 0 Å². The van der Waals surface area contributed by atoms with Gasteiger partial charge in [-0.15, -0.1) is 0 Å². The molecule has 1 amide bonds. The normalized spacial score (nSPS) is 13.2. The maximum atomic E-state index is 12.4. The molecule has 0 fully saturated rings. The summed E-state index contributed by atoms with van der Waals surface area (Å²) in [6.45, 7) is 6.71. The minimum Gasteiger partial charge on any atom is -0.462 e. The predicted octanol–water partition coefficient (Wildman–Crippen LogP) is 2.91. The van der Waals surface area contributed by atoms with Gasteiger partial charge in [-0.05, 0) is 44.5 Å². The number of aliphatic hydroxyl groups is 2. The Morgan fingerprint density at radius 3 is 2.20 bits per heavy atom. The number of benzene rings is 2. The van der Waals surface area contributed by atoms with Gasteiger partial charge in [-0.1, -0.05) is 30.3 Å². The highest BCUT2D eigenvalue weighted by atomic mass is 16.6. The Morgan fingerprint density at radius 2 is 1.64 bits per heavy atom. The van der Waals surface area contributed by atoms with Crippen molar-refractivity contribution >= 4 is 5.91 Å². The van der Waals surface area contributed by atoms with Crippen LogP contribution in [0.3, 0.4) is 0 Å². The highest BCUT2D eigenvalue weighted by Crippen LogP contribution is 2.31. The van der Waals surface area contributed by atoms with Crippen LogP contribution in [0.15, 0.2) is 48.5 Å². The molecular weight excluding hydrogens is 318 g/mol. The standard InChI is InChI=1S/C20H25NO4/c1-4-21(5-2)19(23)16-12-10-15(11-13-16)17-8-6-7-9-18(17)25-20(24)14(3)22/h6-14,20,22,24H,4-5H2,1-3H3. The Balaban J connectivity index is 2.27. The number of para-hydroxylation sites is 1. The van der Waals surface area contributed by atoms with Crippen molar-refractivity contribution in [3.05, 3.63) is 54.1 Å². The van der Waals surface area contributed by atoms with E-state index in [0.717, 1.165) is 11.1 Å². The van der Waals surface area contributed by atoms with Crippen LogP contribution in [-0.2, 0) is 0 Å². The molecule has 0 radical (unpaired) electrons. The first-order valence-electron chi connectivity index (χ1n) is 8.49. The molecule has 0 aromatic heterocycles. The first kappa shape index (κ1) is 19.0. The minimum absolute atomic E-state index is 0.00520. The van der Waals surface area contributed by atoms with Crippen LogP contribution < -0.4 is 4.74 Å². The van der Waals surface area contributed by atoms with E-state index in [1.54, 1.807) is 29.2 Å². The van der Waals surface area contributed by atoms with Crippen molar-refractivity contribution in [1.29, 1.82) is 0 Å². The number of amides is 1. The lowest BCUT2D eigenvalue weighted by Gasteiger charge is -2.19. The predicted molar refractivity (Wildman–Crippen MR) is 97.4 cm³/mol. The van der Waals surface area contributed by atoms with Crippen LogP contribution in [0.4, 0.5) is 0 Å². The van der Waals surface area contributed by atoms with Crippen molar-refractivity contribution in [3.63, 3.8) is 0 Å². The highest BCUT2D eigenvalue weighted by Gasteiger charge is 2.16. The fourth-order valence-corrected chi connectivity index (χ4v) is 2.52. The Labute approximate surface area is 148 Å². The van der Waals surface area contributed by atoms with Gasteiger partial charge in [-0.2, -0.15) is 0 Å². The molecule has 2 aromatic rings. The number of aliphatic hydroxyl groups excluding tert-OH is 2. The van der Waals surface area contributed by atoms with Gasteiger partial charge in [0.25, 0.3) is 5.91 Å². The molecule has 0 aliphatic rings. The summed E-state index contributed by atoms with van der Waals surface area (Å²) in [5, 5.41) is 19.2. The lowest BCUT2D eigenvalue weighted by molar-refractivity contribution is -0.0956. The number of hydrogen-bond donors (Lipinski definition) is 2. The van der Waals surface area contributed by atoms with Crippen molar-refractivity contribution < 1.29 is 19.7 Å². The van der Waals surface area contributed by atoms with Gasteiger partial charge < -0.3 is 19.8 Å². The number of carbonyl (C=O) groups is 1. The third-order valence-corrected chi connectivity index (χ3v) is 4.04. The second-order valence-electron chi connectivity index (χ2n) is 5.80. The van der Waals surface area contributed by atoms with Crippen molar-refractivity contribution in [2.45, 2.75) is 33.2 Å². The van der Waals surface area contributed by atoms with Gasteiger partial charge >= 0.3 is 0 Å². The summed E-state index contributed by atoms with van der Waals surface area (Å²) in [6.07, 6.45) is -2.30. The summed E-state index contributed by atoms with van der Waals surface area (Å²) in [5.41, 5.74) is 2.28. The molecule has 2 unspecified atom stereocenters. The zero-order chi connectivity index (χ0) is 18.4. The van der Waals surface area contributed by atoms with Crippen LogP contribution in [0.2, 0.25) is 0 Å². The number of rotatable bonds is 7. The molecule has 0 aliphatic carbocycles. The van der Waals surface area contributed by atoms with Crippen LogP contribution in [0, 0.1) is 0 Å². The minimum atomic E-state index is -1.30. The Morgan fingerprint density at radius 1 is 1.04 bits per heavy atom. The number of ether oxygens (including phenoxy) is 1. The van der Waals surface area contributed by atoms with Crippen LogP contribution >= 0.6 is 0 Å². The van der Waals surface area contributed by atoms with Gasteiger partial charge in [-0.25, -0.2) is 0 Å². The lowest BCUT2D eigenvalue weighted by atomic mass is 10.0. The molecule has 0 spiro atoms. The Bertz CT molecular complexity index is 693. The Kier molecular flexibility index (Phi) is 6.56. The van der Waals surface area contributed by atoms with Gasteiger partial charge in [0.15, 0.2) is 0 Å². The average molecular weight is 343 g/mol. The lowest BCUT2D eigenvalue weighted by Crippen LogP contribution is -2.30. The van der Waals surface area contributed by atoms with Gasteiger partial charge in [0.1, 0.15) is 11.9 Å². The van der Waals surface area contributed by atoms with Crippen molar-refractivity contribution in [2.75, 3.05) is 13.1 Å². The third-order valence-electron chi connectivity index (χ3n) is 4.04. The molecule has 134 valence electrons. The fourth-order valence-electron chi connectivity index (χ4n) is 2.52. The van der Waals surface area contributed by atoms with E-state index in [1.165, 1.54) is 6.92 Å². The molecule has 2 rings (SSSR count). The molecule has 2 aromatic carbocycles. The molecule has 0 saturated carbocycles. The van der Waals surface area contributed by atoms with Gasteiger partial charge in [0.2, 0.25) is 6.29 Å². The largest absolute Gasteiger partial charge is 0.462 e. The van der Waals surface area contributed by atoms with Crippen molar-refractivity contribution in [3.8, 4) is 16.9 Å². The molecule has 5 heteroatoms. The first-order valence-corrected chi connectivity index (χ1v) is 8.49. The Hall–Kier alpha value is -2.37. The van der Waals surface area contributed by atoms with Gasteiger partial charge in [0.05, 0.1) is 0 Å². The monoisotopic (exact) mass is 343 g/mol. The molecule has 0 aliphatic heterocycles. The topological polar surface area (TPSA) is 70.0 Å². The van der Waals surface area contributed by atoms with Gasteiger partial charge in [-0.3, -0.25) is 4.79 Å². The number of carbonyl (C=O) groups excluding carboxylic acids is 1. The molecule has 0 heterocycles.